The molecule has 0 radical (unpaired) electrons. The molecule has 104 valence electrons. The molecule has 1 unspecified atom stereocenters. The second kappa shape index (κ2) is 4.45. The number of rotatable bonds is 2. The Balaban J connectivity index is 1.67. The number of halogens is 1. The van der Waals surface area contributed by atoms with Gasteiger partial charge in [-0.25, -0.2) is 4.39 Å². The van der Waals surface area contributed by atoms with Gasteiger partial charge in [0.15, 0.2) is 17.2 Å². The van der Waals surface area contributed by atoms with Crippen LogP contribution < -0.4 is 5.32 Å². The minimum absolute atomic E-state index is 0.136. The Morgan fingerprint density at radius 2 is 2.05 bits per heavy atom. The number of hydrogen-bond donors (Lipinski definition) is 1. The van der Waals surface area contributed by atoms with Crippen LogP contribution in [0.15, 0.2) is 52.9 Å². The SMILES string of the molecule is O=C(c1cc2cccc(F)c2o1)C1Cc2ccccc2N1. The molecule has 1 atom stereocenters. The zero-order chi connectivity index (χ0) is 14.4. The van der Waals surface area contributed by atoms with E-state index in [-0.39, 0.29) is 23.2 Å². The highest BCUT2D eigenvalue weighted by molar-refractivity contribution is 6.03. The number of ketones is 1. The van der Waals surface area contributed by atoms with Gasteiger partial charge in [-0.05, 0) is 23.8 Å². The molecule has 0 fully saturated rings. The van der Waals surface area contributed by atoms with Crippen LogP contribution in [0.1, 0.15) is 16.1 Å². The molecule has 2 heterocycles. The molecule has 3 aromatic rings. The van der Waals surface area contributed by atoms with Crippen molar-refractivity contribution in [3.63, 3.8) is 0 Å². The number of carbonyl (C=O) groups excluding carboxylic acids is 1. The van der Waals surface area contributed by atoms with E-state index in [0.29, 0.717) is 11.8 Å². The molecule has 1 N–H and O–H groups in total. The lowest BCUT2D eigenvalue weighted by Crippen LogP contribution is -2.26. The third-order valence-electron chi connectivity index (χ3n) is 3.83. The lowest BCUT2D eigenvalue weighted by Gasteiger charge is -2.07. The number of carbonyl (C=O) groups is 1. The zero-order valence-electron chi connectivity index (χ0n) is 11.1. The summed E-state index contributed by atoms with van der Waals surface area (Å²) < 4.78 is 19.0. The Labute approximate surface area is 120 Å². The van der Waals surface area contributed by atoms with Gasteiger partial charge in [0.25, 0.3) is 0 Å². The van der Waals surface area contributed by atoms with Gasteiger partial charge in [-0.15, -0.1) is 0 Å². The van der Waals surface area contributed by atoms with Gasteiger partial charge in [0.05, 0.1) is 6.04 Å². The molecule has 1 aliphatic heterocycles. The summed E-state index contributed by atoms with van der Waals surface area (Å²) in [4.78, 5) is 12.5. The zero-order valence-corrected chi connectivity index (χ0v) is 11.1. The lowest BCUT2D eigenvalue weighted by atomic mass is 10.1. The van der Waals surface area contributed by atoms with Crippen molar-refractivity contribution >= 4 is 22.4 Å². The van der Waals surface area contributed by atoms with Crippen LogP contribution in [0.4, 0.5) is 10.1 Å². The molecule has 4 heteroatoms. The maximum Gasteiger partial charge on any atom is 0.220 e. The van der Waals surface area contributed by atoms with Crippen LogP contribution in [0.5, 0.6) is 0 Å². The monoisotopic (exact) mass is 281 g/mol. The van der Waals surface area contributed by atoms with Crippen molar-refractivity contribution in [2.24, 2.45) is 0 Å². The molecule has 0 aliphatic carbocycles. The molecule has 0 saturated carbocycles. The van der Waals surface area contributed by atoms with Gasteiger partial charge in [0.1, 0.15) is 0 Å². The first-order valence-electron chi connectivity index (χ1n) is 6.79. The summed E-state index contributed by atoms with van der Waals surface area (Å²) in [5.41, 5.74) is 2.22. The number of para-hydroxylation sites is 2. The van der Waals surface area contributed by atoms with E-state index in [1.165, 1.54) is 6.07 Å². The fourth-order valence-electron chi connectivity index (χ4n) is 2.78. The van der Waals surface area contributed by atoms with Gasteiger partial charge in [0, 0.05) is 17.5 Å². The van der Waals surface area contributed by atoms with Crippen LogP contribution in [0, 0.1) is 5.82 Å². The molecular formula is C17H12FNO2. The van der Waals surface area contributed by atoms with Crippen LogP contribution >= 0.6 is 0 Å². The van der Waals surface area contributed by atoms with Gasteiger partial charge in [0.2, 0.25) is 5.78 Å². The molecule has 0 saturated heterocycles. The van der Waals surface area contributed by atoms with Gasteiger partial charge in [-0.2, -0.15) is 0 Å². The van der Waals surface area contributed by atoms with Gasteiger partial charge in [-0.1, -0.05) is 30.3 Å². The van der Waals surface area contributed by atoms with E-state index in [2.05, 4.69) is 5.32 Å². The smallest absolute Gasteiger partial charge is 0.220 e. The largest absolute Gasteiger partial charge is 0.450 e. The Kier molecular flexibility index (Phi) is 2.57. The molecule has 1 aliphatic rings. The van der Waals surface area contributed by atoms with Crippen molar-refractivity contribution < 1.29 is 13.6 Å². The van der Waals surface area contributed by atoms with Crippen molar-refractivity contribution in [1.82, 2.24) is 0 Å². The predicted octanol–water partition coefficient (Wildman–Crippen LogP) is 3.79. The van der Waals surface area contributed by atoms with Gasteiger partial charge >= 0.3 is 0 Å². The number of benzene rings is 2. The van der Waals surface area contributed by atoms with E-state index in [9.17, 15) is 9.18 Å². The fourth-order valence-corrected chi connectivity index (χ4v) is 2.78. The van der Waals surface area contributed by atoms with Crippen LogP contribution in [-0.4, -0.2) is 11.8 Å². The average Bonchev–Trinajstić information content (AvgIpc) is 3.11. The van der Waals surface area contributed by atoms with Crippen molar-refractivity contribution in [2.45, 2.75) is 12.5 Å². The molecule has 21 heavy (non-hydrogen) atoms. The number of nitrogens with one attached hydrogen (secondary N) is 1. The summed E-state index contributed by atoms with van der Waals surface area (Å²) in [7, 11) is 0. The molecule has 1 aromatic heterocycles. The highest BCUT2D eigenvalue weighted by atomic mass is 19.1. The number of fused-ring (bicyclic) bond motifs is 2. The second-order valence-electron chi connectivity index (χ2n) is 5.19. The molecule has 0 amide bonds. The summed E-state index contributed by atoms with van der Waals surface area (Å²) in [5, 5.41) is 3.79. The number of Topliss-reactive ketones (excluding diaryl/α,β-unsaturated/α-hetero) is 1. The molecule has 0 bridgehead atoms. The standard InChI is InChI=1S/C17H12FNO2/c18-12-6-3-5-11-9-15(21-17(11)12)16(20)14-8-10-4-1-2-7-13(10)19-14/h1-7,9,14,19H,8H2. The van der Waals surface area contributed by atoms with Crippen LogP contribution in [0.25, 0.3) is 11.0 Å². The third-order valence-corrected chi connectivity index (χ3v) is 3.83. The Morgan fingerprint density at radius 1 is 1.19 bits per heavy atom. The van der Waals surface area contributed by atoms with E-state index < -0.39 is 5.82 Å². The summed E-state index contributed by atoms with van der Waals surface area (Å²) in [6.07, 6.45) is 0.620. The van der Waals surface area contributed by atoms with E-state index in [1.54, 1.807) is 18.2 Å². The number of hydrogen-bond acceptors (Lipinski definition) is 3. The van der Waals surface area contributed by atoms with Crippen molar-refractivity contribution in [1.29, 1.82) is 0 Å². The molecular weight excluding hydrogens is 269 g/mol. The number of furan rings is 1. The summed E-state index contributed by atoms with van der Waals surface area (Å²) in [5.74, 6) is -0.406. The van der Waals surface area contributed by atoms with Crippen LogP contribution in [0.2, 0.25) is 0 Å². The van der Waals surface area contributed by atoms with Crippen LogP contribution in [0.3, 0.4) is 0 Å². The Morgan fingerprint density at radius 3 is 2.86 bits per heavy atom. The normalized spacial score (nSPS) is 16.7. The number of anilines is 1. The highest BCUT2D eigenvalue weighted by Gasteiger charge is 2.29. The van der Waals surface area contributed by atoms with E-state index in [0.717, 1.165) is 11.3 Å². The van der Waals surface area contributed by atoms with Crippen molar-refractivity contribution in [3.8, 4) is 0 Å². The average molecular weight is 281 g/mol. The highest BCUT2D eigenvalue weighted by Crippen LogP contribution is 2.29. The Bertz CT molecular complexity index is 828. The quantitative estimate of drug-likeness (QED) is 0.727. The predicted molar refractivity (Wildman–Crippen MR) is 78.1 cm³/mol. The van der Waals surface area contributed by atoms with E-state index >= 15 is 0 Å². The van der Waals surface area contributed by atoms with Crippen LogP contribution in [-0.2, 0) is 6.42 Å². The molecule has 3 nitrogen and oxygen atoms in total. The topological polar surface area (TPSA) is 42.2 Å². The first-order valence-corrected chi connectivity index (χ1v) is 6.79. The minimum atomic E-state index is -0.450. The fraction of sp³-hybridized carbons (Fsp3) is 0.118. The van der Waals surface area contributed by atoms with Gasteiger partial charge in [-0.3, -0.25) is 4.79 Å². The van der Waals surface area contributed by atoms with Crippen molar-refractivity contribution in [3.05, 3.63) is 65.7 Å². The third kappa shape index (κ3) is 1.91. The minimum Gasteiger partial charge on any atom is -0.450 e. The summed E-state index contributed by atoms with van der Waals surface area (Å²) >= 11 is 0. The molecule has 2 aromatic carbocycles. The van der Waals surface area contributed by atoms with Crippen molar-refractivity contribution in [2.75, 3.05) is 5.32 Å². The van der Waals surface area contributed by atoms with E-state index in [1.807, 2.05) is 24.3 Å². The Hall–Kier alpha value is -2.62. The maximum atomic E-state index is 13.6. The maximum absolute atomic E-state index is 13.6. The first kappa shape index (κ1) is 12.1. The van der Waals surface area contributed by atoms with Gasteiger partial charge < -0.3 is 9.73 Å². The molecule has 4 rings (SSSR count). The lowest BCUT2D eigenvalue weighted by molar-refractivity contribution is 0.0946. The second-order valence-corrected chi connectivity index (χ2v) is 5.19. The molecule has 0 spiro atoms. The van der Waals surface area contributed by atoms with E-state index in [4.69, 9.17) is 4.42 Å². The first-order chi connectivity index (χ1) is 10.2. The summed E-state index contributed by atoms with van der Waals surface area (Å²) in [6, 6.07) is 13.7. The summed E-state index contributed by atoms with van der Waals surface area (Å²) in [6.45, 7) is 0.